The van der Waals surface area contributed by atoms with E-state index in [0.29, 0.717) is 30.2 Å². The van der Waals surface area contributed by atoms with Gasteiger partial charge in [0, 0.05) is 19.0 Å². The number of alkyl halides is 3. The number of amides is 5. The average molecular weight is 681 g/mol. The van der Waals surface area contributed by atoms with Gasteiger partial charge in [0.25, 0.3) is 5.91 Å². The first-order chi connectivity index (χ1) is 23.3. The van der Waals surface area contributed by atoms with Crippen LogP contribution in [0.15, 0.2) is 72.9 Å². The zero-order valence-corrected chi connectivity index (χ0v) is 26.4. The number of benzene rings is 2. The second kappa shape index (κ2) is 14.7. The SMILES string of the molecule is C[C@@H]1NC(=O)[C@@H](NC(=O)c2ccc(C(F)(F)F)nc2)Cc2ccc(cc2)OCCNC(=O)C2(CC2)NC(=O)[C@@H](Cc2ccccc2)NC1=O. The van der Waals surface area contributed by atoms with Crippen LogP contribution in [0, 0.1) is 0 Å². The molecule has 3 atom stereocenters. The van der Waals surface area contributed by atoms with Crippen LogP contribution < -0.4 is 31.3 Å². The Hall–Kier alpha value is -5.47. The molecule has 258 valence electrons. The molecule has 2 aliphatic heterocycles. The predicted octanol–water partition coefficient (Wildman–Crippen LogP) is 1.83. The van der Waals surface area contributed by atoms with E-state index in [1.54, 1.807) is 54.6 Å². The second-order valence-corrected chi connectivity index (χ2v) is 12.0. The van der Waals surface area contributed by atoms with Gasteiger partial charge < -0.3 is 31.3 Å². The van der Waals surface area contributed by atoms with E-state index in [-0.39, 0.29) is 37.5 Å². The van der Waals surface area contributed by atoms with Crippen LogP contribution in [0.3, 0.4) is 0 Å². The van der Waals surface area contributed by atoms with Gasteiger partial charge in [0.05, 0.1) is 12.1 Å². The summed E-state index contributed by atoms with van der Waals surface area (Å²) in [6.07, 6.45) is -3.06. The summed E-state index contributed by atoms with van der Waals surface area (Å²) in [5.74, 6) is -2.79. The maximum absolute atomic E-state index is 13.6. The predicted molar refractivity (Wildman–Crippen MR) is 169 cm³/mol. The number of halogens is 3. The molecule has 15 heteroatoms. The van der Waals surface area contributed by atoms with E-state index in [2.05, 4.69) is 31.6 Å². The smallest absolute Gasteiger partial charge is 0.433 e. The third-order valence-electron chi connectivity index (χ3n) is 8.17. The second-order valence-electron chi connectivity index (χ2n) is 12.0. The van der Waals surface area contributed by atoms with Crippen LogP contribution >= 0.6 is 0 Å². The third-order valence-corrected chi connectivity index (χ3v) is 8.17. The maximum Gasteiger partial charge on any atom is 0.433 e. The van der Waals surface area contributed by atoms with Gasteiger partial charge >= 0.3 is 6.18 Å². The fourth-order valence-corrected chi connectivity index (χ4v) is 5.20. The Morgan fingerprint density at radius 3 is 2.29 bits per heavy atom. The molecule has 2 bridgehead atoms. The van der Waals surface area contributed by atoms with Gasteiger partial charge in [0.2, 0.25) is 23.6 Å². The Labute approximate surface area is 279 Å². The van der Waals surface area contributed by atoms with E-state index in [9.17, 15) is 37.1 Å². The maximum atomic E-state index is 13.6. The number of fused-ring (bicyclic) bond motifs is 15. The number of nitrogens with zero attached hydrogens (tertiary/aromatic N) is 1. The van der Waals surface area contributed by atoms with Crippen molar-refractivity contribution in [1.29, 1.82) is 0 Å². The van der Waals surface area contributed by atoms with Gasteiger partial charge in [0.1, 0.15) is 41.7 Å². The van der Waals surface area contributed by atoms with Crippen LogP contribution in [0.25, 0.3) is 0 Å². The van der Waals surface area contributed by atoms with E-state index in [0.717, 1.165) is 17.8 Å². The van der Waals surface area contributed by atoms with Crippen molar-refractivity contribution in [3.05, 3.63) is 95.3 Å². The normalized spacial score (nSPS) is 21.8. The Kier molecular flexibility index (Phi) is 10.5. The number of carbonyl (C=O) groups excluding carboxylic acids is 5. The topological polar surface area (TPSA) is 168 Å². The van der Waals surface area contributed by atoms with Crippen LogP contribution in [-0.4, -0.2) is 71.3 Å². The molecule has 0 unspecified atom stereocenters. The van der Waals surface area contributed by atoms with Crippen LogP contribution in [-0.2, 0) is 38.2 Å². The van der Waals surface area contributed by atoms with E-state index in [4.69, 9.17) is 4.74 Å². The van der Waals surface area contributed by atoms with Gasteiger partial charge in [-0.1, -0.05) is 42.5 Å². The molecule has 5 N–H and O–H groups in total. The van der Waals surface area contributed by atoms with Crippen molar-refractivity contribution < 1.29 is 41.9 Å². The molecule has 1 aromatic heterocycles. The van der Waals surface area contributed by atoms with Gasteiger partial charge in [-0.2, -0.15) is 13.2 Å². The van der Waals surface area contributed by atoms with Crippen molar-refractivity contribution in [2.24, 2.45) is 0 Å². The molecular weight excluding hydrogens is 645 g/mol. The first-order valence-electron chi connectivity index (χ1n) is 15.6. The molecule has 1 saturated carbocycles. The summed E-state index contributed by atoms with van der Waals surface area (Å²) in [7, 11) is 0. The lowest BCUT2D eigenvalue weighted by Crippen LogP contribution is -2.59. The number of pyridine rings is 1. The van der Waals surface area contributed by atoms with Crippen molar-refractivity contribution in [1.82, 2.24) is 31.6 Å². The number of nitrogens with one attached hydrogen (secondary N) is 5. The van der Waals surface area contributed by atoms with E-state index < -0.39 is 59.2 Å². The van der Waals surface area contributed by atoms with Gasteiger partial charge in [-0.15, -0.1) is 0 Å². The molecule has 1 aliphatic carbocycles. The summed E-state index contributed by atoms with van der Waals surface area (Å²) in [4.78, 5) is 69.9. The minimum Gasteiger partial charge on any atom is -0.492 e. The Morgan fingerprint density at radius 1 is 0.939 bits per heavy atom. The lowest BCUT2D eigenvalue weighted by Gasteiger charge is -2.25. The van der Waals surface area contributed by atoms with E-state index in [1.807, 2.05) is 0 Å². The molecular formula is C34H35F3N6O6. The van der Waals surface area contributed by atoms with Crippen LogP contribution in [0.2, 0.25) is 0 Å². The van der Waals surface area contributed by atoms with Gasteiger partial charge in [-0.05, 0) is 55.2 Å². The molecule has 0 saturated heterocycles. The summed E-state index contributed by atoms with van der Waals surface area (Å²) in [6.45, 7) is 1.69. The molecule has 3 aliphatic rings. The van der Waals surface area contributed by atoms with Gasteiger partial charge in [-0.25, -0.2) is 0 Å². The highest BCUT2D eigenvalue weighted by molar-refractivity contribution is 5.99. The lowest BCUT2D eigenvalue weighted by atomic mass is 10.0. The number of ether oxygens (including phenoxy) is 1. The summed E-state index contributed by atoms with van der Waals surface area (Å²) < 4.78 is 44.7. The van der Waals surface area contributed by atoms with Crippen molar-refractivity contribution in [3.8, 4) is 5.75 Å². The number of aromatic nitrogens is 1. The number of hydrogen-bond donors (Lipinski definition) is 5. The summed E-state index contributed by atoms with van der Waals surface area (Å²) in [5, 5.41) is 13.4. The van der Waals surface area contributed by atoms with Crippen LogP contribution in [0.1, 0.15) is 46.9 Å². The largest absolute Gasteiger partial charge is 0.492 e. The van der Waals surface area contributed by atoms with Crippen molar-refractivity contribution >= 4 is 29.5 Å². The molecule has 3 aromatic rings. The van der Waals surface area contributed by atoms with Gasteiger partial charge in [0.15, 0.2) is 0 Å². The first-order valence-corrected chi connectivity index (χ1v) is 15.6. The van der Waals surface area contributed by atoms with E-state index in [1.165, 1.54) is 6.92 Å². The molecule has 1 fully saturated rings. The number of carbonyl (C=O) groups is 5. The summed E-state index contributed by atoms with van der Waals surface area (Å²) in [6, 6.07) is 13.6. The molecule has 5 amide bonds. The monoisotopic (exact) mass is 680 g/mol. The molecule has 2 aromatic carbocycles. The molecule has 3 heterocycles. The number of rotatable bonds is 4. The zero-order chi connectivity index (χ0) is 35.2. The van der Waals surface area contributed by atoms with Crippen molar-refractivity contribution in [2.45, 2.75) is 62.4 Å². The third kappa shape index (κ3) is 9.12. The lowest BCUT2D eigenvalue weighted by molar-refractivity contribution is -0.141. The molecule has 1 spiro atoms. The highest BCUT2D eigenvalue weighted by Gasteiger charge is 2.51. The van der Waals surface area contributed by atoms with Crippen LogP contribution in [0.4, 0.5) is 13.2 Å². The Morgan fingerprint density at radius 2 is 1.65 bits per heavy atom. The fourth-order valence-electron chi connectivity index (χ4n) is 5.20. The highest BCUT2D eigenvalue weighted by atomic mass is 19.4. The Bertz CT molecular complexity index is 1680. The van der Waals surface area contributed by atoms with E-state index >= 15 is 0 Å². The number of hydrogen-bond acceptors (Lipinski definition) is 7. The average Bonchev–Trinajstić information content (AvgIpc) is 3.86. The molecule has 0 radical (unpaired) electrons. The van der Waals surface area contributed by atoms with Gasteiger partial charge in [-0.3, -0.25) is 29.0 Å². The molecule has 12 nitrogen and oxygen atoms in total. The standard InChI is InChI=1S/C34H35F3N6O6/c1-20-28(44)41-26(17-21-5-3-2-4-6-21)31(47)43-33(13-14-33)32(48)38-15-16-49-24-10-7-22(8-11-24)18-25(30(46)40-20)42-29(45)23-9-12-27(39-19-23)34(35,36)37/h2-12,19-20,25-26H,13-18H2,1H3,(H,38,48)(H,40,46)(H,41,44)(H,42,45)(H,43,47)/t20-,25-,26+/m0/s1. The zero-order valence-electron chi connectivity index (χ0n) is 26.4. The molecule has 6 rings (SSSR count). The Balaban J connectivity index is 1.38. The summed E-state index contributed by atoms with van der Waals surface area (Å²) in [5.41, 5.74) is -1.18. The molecule has 49 heavy (non-hydrogen) atoms. The minimum atomic E-state index is -4.70. The van der Waals surface area contributed by atoms with Crippen molar-refractivity contribution in [3.63, 3.8) is 0 Å². The summed E-state index contributed by atoms with van der Waals surface area (Å²) >= 11 is 0. The van der Waals surface area contributed by atoms with Crippen LogP contribution in [0.5, 0.6) is 5.75 Å². The quantitative estimate of drug-likeness (QED) is 0.262. The first kappa shape index (κ1) is 34.9. The highest BCUT2D eigenvalue weighted by Crippen LogP contribution is 2.35. The minimum absolute atomic E-state index is 0.0581. The van der Waals surface area contributed by atoms with Crippen molar-refractivity contribution in [2.75, 3.05) is 13.2 Å². The fraction of sp³-hybridized carbons (Fsp3) is 0.353.